The Morgan fingerprint density at radius 1 is 1.05 bits per heavy atom. The van der Waals surface area contributed by atoms with Crippen LogP contribution < -0.4 is 10.5 Å². The quantitative estimate of drug-likeness (QED) is 0.585. The molecule has 3 rings (SSSR count). The van der Waals surface area contributed by atoms with Gasteiger partial charge in [0.05, 0.1) is 17.5 Å². The lowest BCUT2D eigenvalue weighted by Crippen LogP contribution is -1.95. The molecular weight excluding hydrogens is 298 g/mol. The van der Waals surface area contributed by atoms with Crippen molar-refractivity contribution in [1.82, 2.24) is 19.9 Å². The average Bonchev–Trinajstić information content (AvgIpc) is 2.57. The highest BCUT2D eigenvalue weighted by molar-refractivity contribution is 7.98. The highest BCUT2D eigenvalue weighted by Gasteiger charge is 2.11. The van der Waals surface area contributed by atoms with Crippen LogP contribution in [0, 0.1) is 0 Å². The zero-order valence-corrected chi connectivity index (χ0v) is 12.6. The molecule has 2 N–H and O–H groups in total. The van der Waals surface area contributed by atoms with E-state index in [9.17, 15) is 0 Å². The SMILES string of the molecule is CSc1nccc(-c2cccnc2Oc2ccc(N)nc2)n1. The minimum Gasteiger partial charge on any atom is -0.437 e. The molecule has 0 atom stereocenters. The zero-order valence-electron chi connectivity index (χ0n) is 11.8. The van der Waals surface area contributed by atoms with Gasteiger partial charge in [-0.3, -0.25) is 0 Å². The number of pyridine rings is 2. The van der Waals surface area contributed by atoms with Gasteiger partial charge in [-0.25, -0.2) is 19.9 Å². The van der Waals surface area contributed by atoms with Gasteiger partial charge < -0.3 is 10.5 Å². The number of hydrogen-bond donors (Lipinski definition) is 1. The van der Waals surface area contributed by atoms with Crippen molar-refractivity contribution in [1.29, 1.82) is 0 Å². The van der Waals surface area contributed by atoms with Gasteiger partial charge in [0, 0.05) is 12.4 Å². The second-order valence-corrected chi connectivity index (χ2v) is 5.08. The van der Waals surface area contributed by atoms with Crippen LogP contribution in [0.3, 0.4) is 0 Å². The van der Waals surface area contributed by atoms with E-state index in [0.717, 1.165) is 11.3 Å². The molecule has 0 radical (unpaired) electrons. The number of hydrogen-bond acceptors (Lipinski definition) is 7. The van der Waals surface area contributed by atoms with E-state index in [-0.39, 0.29) is 0 Å². The maximum absolute atomic E-state index is 5.80. The largest absolute Gasteiger partial charge is 0.437 e. The first-order chi connectivity index (χ1) is 10.8. The number of ether oxygens (including phenoxy) is 1. The third kappa shape index (κ3) is 3.15. The summed E-state index contributed by atoms with van der Waals surface area (Å²) in [5, 5.41) is 0.696. The van der Waals surface area contributed by atoms with Crippen LogP contribution in [0.2, 0.25) is 0 Å². The van der Waals surface area contributed by atoms with Crippen molar-refractivity contribution in [2.75, 3.05) is 12.0 Å². The number of anilines is 1. The van der Waals surface area contributed by atoms with Crippen molar-refractivity contribution in [3.05, 3.63) is 48.9 Å². The minimum absolute atomic E-state index is 0.439. The molecule has 3 aromatic heterocycles. The summed E-state index contributed by atoms with van der Waals surface area (Å²) in [6.45, 7) is 0. The van der Waals surface area contributed by atoms with Crippen LogP contribution in [0.15, 0.2) is 54.1 Å². The first-order valence-corrected chi connectivity index (χ1v) is 7.70. The van der Waals surface area contributed by atoms with Crippen LogP contribution in [-0.4, -0.2) is 26.2 Å². The van der Waals surface area contributed by atoms with Gasteiger partial charge in [0.2, 0.25) is 5.88 Å². The standard InChI is InChI=1S/C15H13N5OS/c1-22-15-18-8-6-12(20-15)11-3-2-7-17-14(11)21-10-4-5-13(16)19-9-10/h2-9H,1H3,(H2,16,19). The molecule has 0 saturated heterocycles. The van der Waals surface area contributed by atoms with Gasteiger partial charge in [0.1, 0.15) is 11.6 Å². The molecule has 0 fully saturated rings. The smallest absolute Gasteiger partial charge is 0.228 e. The van der Waals surface area contributed by atoms with Crippen LogP contribution in [0.4, 0.5) is 5.82 Å². The molecule has 0 spiro atoms. The van der Waals surface area contributed by atoms with E-state index >= 15 is 0 Å². The van der Waals surface area contributed by atoms with E-state index in [2.05, 4.69) is 19.9 Å². The first kappa shape index (κ1) is 14.3. The van der Waals surface area contributed by atoms with E-state index in [4.69, 9.17) is 10.5 Å². The molecule has 3 aromatic rings. The fraction of sp³-hybridized carbons (Fsp3) is 0.0667. The van der Waals surface area contributed by atoms with Crippen molar-refractivity contribution in [2.45, 2.75) is 5.16 Å². The van der Waals surface area contributed by atoms with E-state index in [1.807, 2.05) is 24.5 Å². The fourth-order valence-corrected chi connectivity index (χ4v) is 2.18. The van der Waals surface area contributed by atoms with Crippen LogP contribution >= 0.6 is 11.8 Å². The van der Waals surface area contributed by atoms with Crippen LogP contribution in [-0.2, 0) is 0 Å². The molecule has 0 aliphatic carbocycles. The number of nitrogens with zero attached hydrogens (tertiary/aromatic N) is 4. The molecule has 3 heterocycles. The minimum atomic E-state index is 0.439. The fourth-order valence-electron chi connectivity index (χ4n) is 1.82. The summed E-state index contributed by atoms with van der Waals surface area (Å²) in [7, 11) is 0. The van der Waals surface area contributed by atoms with Gasteiger partial charge >= 0.3 is 0 Å². The summed E-state index contributed by atoms with van der Waals surface area (Å²) in [6, 6.07) is 8.98. The highest BCUT2D eigenvalue weighted by Crippen LogP contribution is 2.30. The second kappa shape index (κ2) is 6.40. The van der Waals surface area contributed by atoms with Gasteiger partial charge in [0.15, 0.2) is 5.16 Å². The van der Waals surface area contributed by atoms with Gasteiger partial charge in [-0.1, -0.05) is 11.8 Å². The summed E-state index contributed by atoms with van der Waals surface area (Å²) < 4.78 is 5.80. The first-order valence-electron chi connectivity index (χ1n) is 6.48. The number of nitrogens with two attached hydrogens (primary N) is 1. The molecule has 0 aromatic carbocycles. The van der Waals surface area contributed by atoms with Gasteiger partial charge in [-0.15, -0.1) is 0 Å². The van der Waals surface area contributed by atoms with E-state index in [0.29, 0.717) is 22.6 Å². The van der Waals surface area contributed by atoms with Crippen LogP contribution in [0.5, 0.6) is 11.6 Å². The number of aromatic nitrogens is 4. The molecule has 22 heavy (non-hydrogen) atoms. The molecule has 110 valence electrons. The Morgan fingerprint density at radius 2 is 1.95 bits per heavy atom. The van der Waals surface area contributed by atoms with E-state index in [1.165, 1.54) is 11.8 Å². The highest BCUT2D eigenvalue weighted by atomic mass is 32.2. The molecular formula is C15H13N5OS. The predicted molar refractivity (Wildman–Crippen MR) is 85.8 cm³/mol. The maximum atomic E-state index is 5.80. The number of thioether (sulfide) groups is 1. The molecule has 0 bridgehead atoms. The summed E-state index contributed by atoms with van der Waals surface area (Å²) in [6.07, 6.45) is 6.87. The second-order valence-electron chi connectivity index (χ2n) is 4.31. The van der Waals surface area contributed by atoms with E-state index in [1.54, 1.807) is 30.7 Å². The van der Waals surface area contributed by atoms with Crippen molar-refractivity contribution in [3.8, 4) is 22.9 Å². The maximum Gasteiger partial charge on any atom is 0.228 e. The molecule has 0 saturated carbocycles. The van der Waals surface area contributed by atoms with Crippen molar-refractivity contribution in [3.63, 3.8) is 0 Å². The third-order valence-corrected chi connectivity index (χ3v) is 3.40. The lowest BCUT2D eigenvalue weighted by atomic mass is 10.2. The lowest BCUT2D eigenvalue weighted by molar-refractivity contribution is 0.462. The predicted octanol–water partition coefficient (Wildman–Crippen LogP) is 3.03. The van der Waals surface area contributed by atoms with Crippen molar-refractivity contribution >= 4 is 17.6 Å². The Hall–Kier alpha value is -2.67. The van der Waals surface area contributed by atoms with Gasteiger partial charge in [0.25, 0.3) is 0 Å². The van der Waals surface area contributed by atoms with Crippen LogP contribution in [0.25, 0.3) is 11.3 Å². The van der Waals surface area contributed by atoms with Gasteiger partial charge in [-0.05, 0) is 36.6 Å². The normalized spacial score (nSPS) is 10.4. The Balaban J connectivity index is 1.97. The molecule has 6 nitrogen and oxygen atoms in total. The van der Waals surface area contributed by atoms with Crippen molar-refractivity contribution < 1.29 is 4.74 Å². The monoisotopic (exact) mass is 311 g/mol. The summed E-state index contributed by atoms with van der Waals surface area (Å²) in [4.78, 5) is 16.9. The molecule has 0 aliphatic heterocycles. The van der Waals surface area contributed by atoms with E-state index < -0.39 is 0 Å². The zero-order chi connectivity index (χ0) is 15.4. The average molecular weight is 311 g/mol. The van der Waals surface area contributed by atoms with Crippen LogP contribution in [0.1, 0.15) is 0 Å². The summed E-state index contributed by atoms with van der Waals surface area (Å²) >= 11 is 1.48. The molecule has 0 unspecified atom stereocenters. The van der Waals surface area contributed by atoms with Gasteiger partial charge in [-0.2, -0.15) is 0 Å². The molecule has 0 amide bonds. The Morgan fingerprint density at radius 3 is 2.73 bits per heavy atom. The Bertz CT molecular complexity index is 779. The Labute approximate surface area is 131 Å². The third-order valence-electron chi connectivity index (χ3n) is 2.84. The molecule has 7 heteroatoms. The van der Waals surface area contributed by atoms with Crippen molar-refractivity contribution in [2.24, 2.45) is 0 Å². The Kier molecular flexibility index (Phi) is 4.15. The summed E-state index contributed by atoms with van der Waals surface area (Å²) in [5.74, 6) is 1.46. The lowest BCUT2D eigenvalue weighted by Gasteiger charge is -2.09. The number of nitrogen functional groups attached to an aromatic ring is 1. The number of rotatable bonds is 4. The molecule has 0 aliphatic rings. The topological polar surface area (TPSA) is 86.8 Å². The summed E-state index contributed by atoms with van der Waals surface area (Å²) in [5.41, 5.74) is 7.12.